The van der Waals surface area contributed by atoms with Crippen LogP contribution >= 0.6 is 11.6 Å². The number of rotatable bonds is 6. The molecule has 0 bridgehead atoms. The van der Waals surface area contributed by atoms with Crippen LogP contribution in [0.2, 0.25) is 5.02 Å². The number of hydrogen-bond donors (Lipinski definition) is 1. The summed E-state index contributed by atoms with van der Waals surface area (Å²) in [5.41, 5.74) is 4.96. The summed E-state index contributed by atoms with van der Waals surface area (Å²) in [7, 11) is -2.84. The number of aromatic nitrogens is 1. The summed E-state index contributed by atoms with van der Waals surface area (Å²) >= 11 is 6.36. The highest BCUT2D eigenvalue weighted by atomic mass is 35.5. The van der Waals surface area contributed by atoms with Gasteiger partial charge in [-0.2, -0.15) is 0 Å². The van der Waals surface area contributed by atoms with Crippen molar-refractivity contribution in [2.24, 2.45) is 5.14 Å². The molecule has 1 aromatic heterocycles. The fourth-order valence-corrected chi connectivity index (χ4v) is 6.70. The van der Waals surface area contributed by atoms with Gasteiger partial charge in [-0.1, -0.05) is 29.8 Å². The number of nitrogens with two attached hydrogens (primary N) is 1. The van der Waals surface area contributed by atoms with Crippen molar-refractivity contribution in [3.8, 4) is 0 Å². The van der Waals surface area contributed by atoms with E-state index in [9.17, 15) is 9.00 Å². The lowest BCUT2D eigenvalue weighted by atomic mass is 9.98. The number of carbonyl (C=O) groups is 1. The predicted octanol–water partition coefficient (Wildman–Crippen LogP) is 3.59. The maximum atomic E-state index is 13.7. The van der Waals surface area contributed by atoms with Crippen molar-refractivity contribution in [2.75, 3.05) is 62.2 Å². The van der Waals surface area contributed by atoms with Gasteiger partial charge in [0, 0.05) is 70.7 Å². The standard InChI is InChI=1S/C30H37ClN6O2S/c1-22-19-23(2)25(20-24(22)21-34-11-13-36(14-12-34)29-26(31)7-6-10-33-29)30(38)37-17-15-35(16-18-37)27-8-4-5-9-28(27)40(3,32)39/h4-10,19-20H,3,11-18,21H2,1-2H3,(H2,32,39). The van der Waals surface area contributed by atoms with Gasteiger partial charge < -0.3 is 14.7 Å². The number of amides is 1. The number of para-hydroxylation sites is 1. The first-order valence-corrected chi connectivity index (χ1v) is 15.7. The second kappa shape index (κ2) is 11.8. The van der Waals surface area contributed by atoms with E-state index in [0.717, 1.165) is 55.4 Å². The molecule has 2 aromatic carbocycles. The molecule has 0 aliphatic carbocycles. The molecule has 212 valence electrons. The number of benzene rings is 2. The van der Waals surface area contributed by atoms with Crippen LogP contribution in [-0.4, -0.2) is 83.1 Å². The quantitative estimate of drug-likeness (QED) is 0.449. The number of carbonyl (C=O) groups excluding carboxylic acids is 1. The Morgan fingerprint density at radius 2 is 1.62 bits per heavy atom. The Morgan fingerprint density at radius 3 is 2.30 bits per heavy atom. The molecule has 2 saturated heterocycles. The van der Waals surface area contributed by atoms with E-state index < -0.39 is 9.71 Å². The zero-order valence-electron chi connectivity index (χ0n) is 23.2. The SMILES string of the molecule is C=S(N)(=O)c1ccccc1N1CCN(C(=O)c2cc(CN3CCN(c4ncccc4Cl)CC3)c(C)cc2C)CC1. The van der Waals surface area contributed by atoms with E-state index in [2.05, 4.69) is 44.6 Å². The summed E-state index contributed by atoms with van der Waals surface area (Å²) in [5.74, 6) is 4.57. The molecular formula is C30H37ClN6O2S. The number of nitrogens with zero attached hydrogens (tertiary/aromatic N) is 5. The van der Waals surface area contributed by atoms with Crippen LogP contribution in [0.5, 0.6) is 0 Å². The monoisotopic (exact) mass is 580 g/mol. The maximum absolute atomic E-state index is 13.7. The molecule has 3 heterocycles. The van der Waals surface area contributed by atoms with Gasteiger partial charge in [0.05, 0.1) is 25.3 Å². The Labute approximate surface area is 242 Å². The molecule has 1 atom stereocenters. The molecule has 5 rings (SSSR count). The van der Waals surface area contributed by atoms with E-state index in [4.69, 9.17) is 16.7 Å². The first-order chi connectivity index (χ1) is 19.1. The first-order valence-electron chi connectivity index (χ1n) is 13.6. The van der Waals surface area contributed by atoms with Crippen LogP contribution in [0.25, 0.3) is 0 Å². The van der Waals surface area contributed by atoms with Gasteiger partial charge in [-0.15, -0.1) is 0 Å². The van der Waals surface area contributed by atoms with Gasteiger partial charge in [0.2, 0.25) is 0 Å². The molecule has 1 amide bonds. The molecule has 0 saturated carbocycles. The summed E-state index contributed by atoms with van der Waals surface area (Å²) in [6.07, 6.45) is 1.78. The summed E-state index contributed by atoms with van der Waals surface area (Å²) in [5, 5.41) is 6.56. The fraction of sp³-hybridized carbons (Fsp3) is 0.367. The summed E-state index contributed by atoms with van der Waals surface area (Å²) < 4.78 is 12.5. The Morgan fingerprint density at radius 1 is 0.950 bits per heavy atom. The summed E-state index contributed by atoms with van der Waals surface area (Å²) in [4.78, 5) is 27.4. The molecule has 8 nitrogen and oxygen atoms in total. The van der Waals surface area contributed by atoms with E-state index in [1.807, 2.05) is 42.2 Å². The number of aryl methyl sites for hydroxylation is 2. The van der Waals surface area contributed by atoms with Crippen molar-refractivity contribution < 1.29 is 9.00 Å². The summed E-state index contributed by atoms with van der Waals surface area (Å²) in [6.45, 7) is 10.9. The van der Waals surface area contributed by atoms with Crippen LogP contribution in [0, 0.1) is 13.8 Å². The lowest BCUT2D eigenvalue weighted by molar-refractivity contribution is 0.0745. The molecule has 0 spiro atoms. The van der Waals surface area contributed by atoms with Gasteiger partial charge >= 0.3 is 0 Å². The highest BCUT2D eigenvalue weighted by Gasteiger charge is 2.26. The van der Waals surface area contributed by atoms with Crippen LogP contribution in [0.1, 0.15) is 27.0 Å². The van der Waals surface area contributed by atoms with Gasteiger partial charge in [0.25, 0.3) is 5.91 Å². The van der Waals surface area contributed by atoms with Crippen molar-refractivity contribution in [3.63, 3.8) is 0 Å². The third-order valence-corrected chi connectivity index (χ3v) is 9.25. The topological polar surface area (TPSA) is 86.0 Å². The predicted molar refractivity (Wildman–Crippen MR) is 165 cm³/mol. The third kappa shape index (κ3) is 6.12. The Bertz CT molecular complexity index is 1500. The molecule has 2 aliphatic heterocycles. The molecule has 2 N–H and O–H groups in total. The highest BCUT2D eigenvalue weighted by molar-refractivity contribution is 7.98. The fourth-order valence-electron chi connectivity index (χ4n) is 5.60. The van der Waals surface area contributed by atoms with Crippen LogP contribution in [-0.2, 0) is 16.3 Å². The van der Waals surface area contributed by atoms with E-state index in [1.165, 1.54) is 11.1 Å². The Balaban J connectivity index is 1.24. The number of anilines is 2. The van der Waals surface area contributed by atoms with E-state index in [0.29, 0.717) is 36.1 Å². The van der Waals surface area contributed by atoms with E-state index in [-0.39, 0.29) is 5.91 Å². The molecule has 0 radical (unpaired) electrons. The molecule has 40 heavy (non-hydrogen) atoms. The second-order valence-corrected chi connectivity index (χ2v) is 12.9. The number of piperazine rings is 2. The van der Waals surface area contributed by atoms with E-state index in [1.54, 1.807) is 12.3 Å². The third-order valence-electron chi connectivity index (χ3n) is 7.86. The van der Waals surface area contributed by atoms with Crippen molar-refractivity contribution in [2.45, 2.75) is 25.3 Å². The molecular weight excluding hydrogens is 544 g/mol. The highest BCUT2D eigenvalue weighted by Crippen LogP contribution is 2.27. The van der Waals surface area contributed by atoms with Crippen LogP contribution < -0.4 is 14.9 Å². The van der Waals surface area contributed by atoms with Gasteiger partial charge in [-0.05, 0) is 66.7 Å². The van der Waals surface area contributed by atoms with Gasteiger partial charge in [0.1, 0.15) is 5.82 Å². The Hall–Kier alpha value is -3.11. The molecule has 1 unspecified atom stereocenters. The van der Waals surface area contributed by atoms with E-state index >= 15 is 0 Å². The minimum atomic E-state index is -2.84. The van der Waals surface area contributed by atoms with Crippen LogP contribution in [0.3, 0.4) is 0 Å². The smallest absolute Gasteiger partial charge is 0.254 e. The molecule has 2 aliphatic rings. The average molecular weight is 581 g/mol. The van der Waals surface area contributed by atoms with Crippen molar-refractivity contribution >= 4 is 44.6 Å². The average Bonchev–Trinajstić information content (AvgIpc) is 2.94. The Kier molecular flexibility index (Phi) is 8.37. The maximum Gasteiger partial charge on any atom is 0.254 e. The van der Waals surface area contributed by atoms with Crippen LogP contribution in [0.15, 0.2) is 59.6 Å². The van der Waals surface area contributed by atoms with Gasteiger partial charge in [0.15, 0.2) is 0 Å². The summed E-state index contributed by atoms with van der Waals surface area (Å²) in [6, 6.07) is 15.4. The number of hydrogen-bond acceptors (Lipinski definition) is 6. The van der Waals surface area contributed by atoms with Crippen molar-refractivity contribution in [1.82, 2.24) is 14.8 Å². The lowest BCUT2D eigenvalue weighted by Gasteiger charge is -2.37. The van der Waals surface area contributed by atoms with Crippen molar-refractivity contribution in [1.29, 1.82) is 0 Å². The number of halogens is 1. The minimum absolute atomic E-state index is 0.0566. The zero-order valence-corrected chi connectivity index (χ0v) is 24.8. The molecule has 10 heteroatoms. The minimum Gasteiger partial charge on any atom is -0.367 e. The largest absolute Gasteiger partial charge is 0.367 e. The lowest BCUT2D eigenvalue weighted by Crippen LogP contribution is -2.49. The normalized spacial score (nSPS) is 18.1. The first kappa shape index (κ1) is 28.4. The number of pyridine rings is 1. The van der Waals surface area contributed by atoms with Crippen molar-refractivity contribution in [3.05, 3.63) is 82.0 Å². The van der Waals surface area contributed by atoms with Gasteiger partial charge in [-0.3, -0.25) is 14.8 Å². The zero-order chi connectivity index (χ0) is 28.4. The van der Waals surface area contributed by atoms with Gasteiger partial charge in [-0.25, -0.2) is 9.19 Å². The van der Waals surface area contributed by atoms with Crippen LogP contribution in [0.4, 0.5) is 11.5 Å². The molecule has 2 fully saturated rings. The second-order valence-electron chi connectivity index (χ2n) is 10.6. The molecule has 3 aromatic rings.